The van der Waals surface area contributed by atoms with Gasteiger partial charge in [0, 0.05) is 32.9 Å². The molecule has 63 heavy (non-hydrogen) atoms. The van der Waals surface area contributed by atoms with Crippen LogP contribution in [0.3, 0.4) is 0 Å². The molecule has 10 aromatic carbocycles. The fourth-order valence-corrected chi connectivity index (χ4v) is 9.34. The summed E-state index contributed by atoms with van der Waals surface area (Å²) >= 11 is 0. The molecule has 0 unspecified atom stereocenters. The van der Waals surface area contributed by atoms with Gasteiger partial charge in [-0.1, -0.05) is 182 Å². The zero-order valence-corrected chi connectivity index (χ0v) is 34.3. The molecule has 0 saturated heterocycles. The van der Waals surface area contributed by atoms with E-state index >= 15 is 0 Å². The number of para-hydroxylation sites is 3. The SMILES string of the molecule is c1ccc(-c2ccccc2-c2ccccc2-c2ccccc2-c2ccc(N(c3ccc(-c4ccc5c(c4)oc4ccccc45)cc3)c3cccc4c3oc3ccccc34)cc2)cc1. The molecule has 0 fully saturated rings. The Kier molecular flexibility index (Phi) is 8.83. The molecule has 12 aromatic rings. The van der Waals surface area contributed by atoms with Gasteiger partial charge in [0.25, 0.3) is 0 Å². The van der Waals surface area contributed by atoms with Gasteiger partial charge in [-0.25, -0.2) is 0 Å². The van der Waals surface area contributed by atoms with Crippen LogP contribution in [0.5, 0.6) is 0 Å². The highest BCUT2D eigenvalue weighted by atomic mass is 16.3. The van der Waals surface area contributed by atoms with Gasteiger partial charge in [0.1, 0.15) is 16.7 Å². The van der Waals surface area contributed by atoms with Gasteiger partial charge in [-0.2, -0.15) is 0 Å². The summed E-state index contributed by atoms with van der Waals surface area (Å²) in [4.78, 5) is 2.31. The molecule has 0 atom stereocenters. The molecule has 2 aromatic heterocycles. The molecular weight excluding hydrogens is 767 g/mol. The Bertz CT molecular complexity index is 3620. The Hall–Kier alpha value is -8.40. The minimum Gasteiger partial charge on any atom is -0.456 e. The van der Waals surface area contributed by atoms with Gasteiger partial charge in [0.05, 0.1) is 5.69 Å². The van der Waals surface area contributed by atoms with Crippen LogP contribution < -0.4 is 4.90 Å². The van der Waals surface area contributed by atoms with Crippen molar-refractivity contribution < 1.29 is 8.83 Å². The van der Waals surface area contributed by atoms with Crippen molar-refractivity contribution in [2.24, 2.45) is 0 Å². The summed E-state index contributed by atoms with van der Waals surface area (Å²) in [6.45, 7) is 0. The first-order chi connectivity index (χ1) is 31.2. The molecule has 0 N–H and O–H groups in total. The van der Waals surface area contributed by atoms with Crippen molar-refractivity contribution in [1.82, 2.24) is 0 Å². The summed E-state index contributed by atoms with van der Waals surface area (Å²) in [6.07, 6.45) is 0. The third kappa shape index (κ3) is 6.38. The van der Waals surface area contributed by atoms with Crippen molar-refractivity contribution in [3.05, 3.63) is 237 Å². The molecule has 0 bridgehead atoms. The summed E-state index contributed by atoms with van der Waals surface area (Å²) in [5.41, 5.74) is 18.3. The first kappa shape index (κ1) is 36.5. The Balaban J connectivity index is 0.954. The Morgan fingerprint density at radius 2 is 0.683 bits per heavy atom. The summed E-state index contributed by atoms with van der Waals surface area (Å²) in [5.74, 6) is 0. The molecule has 0 saturated carbocycles. The zero-order valence-electron chi connectivity index (χ0n) is 34.3. The van der Waals surface area contributed by atoms with Crippen LogP contribution in [0, 0.1) is 0 Å². The first-order valence-corrected chi connectivity index (χ1v) is 21.4. The molecule has 0 spiro atoms. The molecule has 0 aliphatic heterocycles. The lowest BCUT2D eigenvalue weighted by molar-refractivity contribution is 0.668. The van der Waals surface area contributed by atoms with Crippen LogP contribution in [-0.4, -0.2) is 0 Å². The van der Waals surface area contributed by atoms with Crippen LogP contribution in [0.4, 0.5) is 17.1 Å². The van der Waals surface area contributed by atoms with E-state index in [4.69, 9.17) is 8.83 Å². The molecule has 0 amide bonds. The second-order valence-corrected chi connectivity index (χ2v) is 16.0. The highest BCUT2D eigenvalue weighted by Gasteiger charge is 2.21. The van der Waals surface area contributed by atoms with Crippen LogP contribution in [0.1, 0.15) is 0 Å². The third-order valence-electron chi connectivity index (χ3n) is 12.3. The lowest BCUT2D eigenvalue weighted by Gasteiger charge is -2.26. The number of furan rings is 2. The number of hydrogen-bond acceptors (Lipinski definition) is 3. The van der Waals surface area contributed by atoms with Gasteiger partial charge in [-0.3, -0.25) is 0 Å². The highest BCUT2D eigenvalue weighted by molar-refractivity contribution is 6.10. The Morgan fingerprint density at radius 3 is 1.30 bits per heavy atom. The molecule has 3 heteroatoms. The number of rotatable bonds is 8. The van der Waals surface area contributed by atoms with E-state index in [9.17, 15) is 0 Å². The smallest absolute Gasteiger partial charge is 0.159 e. The predicted molar refractivity (Wildman–Crippen MR) is 263 cm³/mol. The normalized spacial score (nSPS) is 11.5. The Morgan fingerprint density at radius 1 is 0.254 bits per heavy atom. The number of nitrogens with zero attached hydrogens (tertiary/aromatic N) is 1. The average molecular weight is 806 g/mol. The van der Waals surface area contributed by atoms with E-state index < -0.39 is 0 Å². The number of hydrogen-bond donors (Lipinski definition) is 0. The first-order valence-electron chi connectivity index (χ1n) is 21.4. The van der Waals surface area contributed by atoms with E-state index in [-0.39, 0.29) is 0 Å². The molecule has 2 heterocycles. The largest absolute Gasteiger partial charge is 0.456 e. The van der Waals surface area contributed by atoms with Gasteiger partial charge in [-0.05, 0) is 110 Å². The Labute approximate surface area is 365 Å². The third-order valence-corrected chi connectivity index (χ3v) is 12.3. The highest BCUT2D eigenvalue weighted by Crippen LogP contribution is 2.45. The maximum absolute atomic E-state index is 6.66. The summed E-state index contributed by atoms with van der Waals surface area (Å²) in [7, 11) is 0. The summed E-state index contributed by atoms with van der Waals surface area (Å²) < 4.78 is 12.9. The monoisotopic (exact) mass is 805 g/mol. The van der Waals surface area contributed by atoms with E-state index in [1.807, 2.05) is 24.3 Å². The van der Waals surface area contributed by atoms with Crippen molar-refractivity contribution >= 4 is 60.9 Å². The second-order valence-electron chi connectivity index (χ2n) is 16.0. The topological polar surface area (TPSA) is 29.5 Å². The molecule has 0 aliphatic rings. The van der Waals surface area contributed by atoms with Crippen molar-refractivity contribution in [1.29, 1.82) is 0 Å². The molecule has 0 aliphatic carbocycles. The quantitative estimate of drug-likeness (QED) is 0.153. The number of fused-ring (bicyclic) bond motifs is 6. The van der Waals surface area contributed by atoms with Crippen LogP contribution >= 0.6 is 0 Å². The van der Waals surface area contributed by atoms with E-state index in [0.717, 1.165) is 77.6 Å². The predicted octanol–water partition coefficient (Wildman–Crippen LogP) is 17.3. The van der Waals surface area contributed by atoms with Gasteiger partial charge >= 0.3 is 0 Å². The van der Waals surface area contributed by atoms with Gasteiger partial charge < -0.3 is 13.7 Å². The van der Waals surface area contributed by atoms with E-state index in [1.54, 1.807) is 0 Å². The molecular formula is C60H39NO2. The number of benzene rings is 10. The van der Waals surface area contributed by atoms with Crippen molar-refractivity contribution in [3.63, 3.8) is 0 Å². The zero-order chi connectivity index (χ0) is 41.7. The van der Waals surface area contributed by atoms with Crippen LogP contribution in [0.2, 0.25) is 0 Å². The fourth-order valence-electron chi connectivity index (χ4n) is 9.34. The van der Waals surface area contributed by atoms with E-state index in [2.05, 4.69) is 217 Å². The van der Waals surface area contributed by atoms with Gasteiger partial charge in [0.15, 0.2) is 5.58 Å². The van der Waals surface area contributed by atoms with Crippen molar-refractivity contribution in [2.45, 2.75) is 0 Å². The molecule has 12 rings (SSSR count). The van der Waals surface area contributed by atoms with Crippen LogP contribution in [-0.2, 0) is 0 Å². The van der Waals surface area contributed by atoms with Crippen LogP contribution in [0.15, 0.2) is 245 Å². The van der Waals surface area contributed by atoms with E-state index in [1.165, 1.54) is 38.9 Å². The lowest BCUT2D eigenvalue weighted by Crippen LogP contribution is -2.10. The van der Waals surface area contributed by atoms with Crippen molar-refractivity contribution in [3.8, 4) is 55.6 Å². The summed E-state index contributed by atoms with van der Waals surface area (Å²) in [5, 5.41) is 4.44. The number of anilines is 3. The maximum atomic E-state index is 6.66. The maximum Gasteiger partial charge on any atom is 0.159 e. The van der Waals surface area contributed by atoms with Crippen molar-refractivity contribution in [2.75, 3.05) is 4.90 Å². The summed E-state index contributed by atoms with van der Waals surface area (Å²) in [6, 6.07) is 84.1. The second kappa shape index (κ2) is 15.3. The molecule has 296 valence electrons. The lowest BCUT2D eigenvalue weighted by atomic mass is 9.87. The molecule has 0 radical (unpaired) electrons. The van der Waals surface area contributed by atoms with Gasteiger partial charge in [-0.15, -0.1) is 0 Å². The van der Waals surface area contributed by atoms with Crippen LogP contribution in [0.25, 0.3) is 99.5 Å². The van der Waals surface area contributed by atoms with Gasteiger partial charge in [0.2, 0.25) is 0 Å². The average Bonchev–Trinajstić information content (AvgIpc) is 3.94. The standard InChI is InChI=1S/C60H39NO2/c1-2-15-41(16-3-1)46-17-4-6-19-48(46)50-21-8-9-22-51(50)49-20-7-5-18-47(49)42-31-36-45(37-32-42)61(56-26-14-25-55-53-24-11-13-28-58(53)63-60(55)56)44-34-29-40(30-35-44)43-33-38-54-52-23-10-12-27-57(52)62-59(54)39-43/h1-39H. The fraction of sp³-hybridized carbons (Fsp3) is 0. The minimum atomic E-state index is 0.847. The van der Waals surface area contributed by atoms with E-state index in [0.29, 0.717) is 0 Å². The minimum absolute atomic E-state index is 0.847. The molecule has 3 nitrogen and oxygen atoms in total.